The van der Waals surface area contributed by atoms with Crippen LogP contribution in [-0.2, 0) is 16.0 Å². The number of carbonyl (C=O) groups excluding carboxylic acids is 1. The van der Waals surface area contributed by atoms with Gasteiger partial charge in [-0.25, -0.2) is 8.78 Å². The lowest BCUT2D eigenvalue weighted by molar-refractivity contribution is -0.139. The van der Waals surface area contributed by atoms with E-state index in [1.807, 2.05) is 6.07 Å². The van der Waals surface area contributed by atoms with Crippen LogP contribution in [0.15, 0.2) is 54.9 Å². The first-order chi connectivity index (χ1) is 15.5. The third-order valence-electron chi connectivity index (χ3n) is 5.63. The van der Waals surface area contributed by atoms with Crippen molar-refractivity contribution in [2.75, 3.05) is 19.7 Å². The van der Waals surface area contributed by atoms with Crippen molar-refractivity contribution in [3.63, 3.8) is 0 Å². The van der Waals surface area contributed by atoms with Gasteiger partial charge in [-0.3, -0.25) is 14.8 Å². The second kappa shape index (κ2) is 9.96. The van der Waals surface area contributed by atoms with Crippen molar-refractivity contribution in [2.45, 2.75) is 32.3 Å². The highest BCUT2D eigenvalue weighted by Gasteiger charge is 2.28. The molecule has 0 aliphatic carbocycles. The van der Waals surface area contributed by atoms with Crippen LogP contribution in [0.3, 0.4) is 0 Å². The maximum atomic E-state index is 13.7. The van der Waals surface area contributed by atoms with Crippen LogP contribution in [0.4, 0.5) is 8.78 Å². The summed E-state index contributed by atoms with van der Waals surface area (Å²) in [5.41, 5.74) is 3.41. The molecule has 0 bridgehead atoms. The lowest BCUT2D eigenvalue weighted by atomic mass is 10.0. The van der Waals surface area contributed by atoms with Gasteiger partial charge in [0.2, 0.25) is 5.91 Å². The van der Waals surface area contributed by atoms with E-state index in [1.54, 1.807) is 42.4 Å². The highest BCUT2D eigenvalue weighted by atomic mass is 19.1. The van der Waals surface area contributed by atoms with Crippen LogP contribution in [0.5, 0.6) is 0 Å². The molecule has 2 aromatic carbocycles. The van der Waals surface area contributed by atoms with E-state index in [4.69, 9.17) is 4.74 Å². The van der Waals surface area contributed by atoms with Gasteiger partial charge in [0.15, 0.2) is 0 Å². The van der Waals surface area contributed by atoms with E-state index in [9.17, 15) is 13.6 Å². The molecule has 3 aromatic rings. The fourth-order valence-electron chi connectivity index (χ4n) is 3.95. The number of ether oxygens (including phenoxy) is 1. The van der Waals surface area contributed by atoms with Gasteiger partial charge in [-0.05, 0) is 49.1 Å². The number of amides is 1. The number of hydrogen-bond acceptors (Lipinski definition) is 4. The van der Waals surface area contributed by atoms with Crippen LogP contribution < -0.4 is 0 Å². The molecule has 5 nitrogen and oxygen atoms in total. The minimum atomic E-state index is -0.431. The minimum absolute atomic E-state index is 0.0494. The number of aryl methyl sites for hydroxylation is 2. The summed E-state index contributed by atoms with van der Waals surface area (Å²) in [6, 6.07) is 11.3. The van der Waals surface area contributed by atoms with Crippen LogP contribution in [0.1, 0.15) is 35.8 Å². The van der Waals surface area contributed by atoms with E-state index in [0.717, 1.165) is 5.56 Å². The number of morpholine rings is 1. The van der Waals surface area contributed by atoms with Gasteiger partial charge >= 0.3 is 0 Å². The van der Waals surface area contributed by atoms with Gasteiger partial charge in [0.05, 0.1) is 24.5 Å². The number of benzene rings is 2. The molecule has 1 aromatic heterocycles. The van der Waals surface area contributed by atoms with Crippen molar-refractivity contribution in [1.29, 1.82) is 0 Å². The third kappa shape index (κ3) is 5.16. The highest BCUT2D eigenvalue weighted by molar-refractivity contribution is 5.76. The Morgan fingerprint density at radius 3 is 2.81 bits per heavy atom. The number of nitrogens with zero attached hydrogens (tertiary/aromatic N) is 3. The molecule has 1 atom stereocenters. The molecular formula is C25H25F2N3O2. The van der Waals surface area contributed by atoms with Gasteiger partial charge in [-0.1, -0.05) is 24.3 Å². The summed E-state index contributed by atoms with van der Waals surface area (Å²) < 4.78 is 33.1. The van der Waals surface area contributed by atoms with Gasteiger partial charge < -0.3 is 9.64 Å². The second-order valence-corrected chi connectivity index (χ2v) is 7.94. The topological polar surface area (TPSA) is 55.3 Å². The molecule has 0 saturated carbocycles. The zero-order chi connectivity index (χ0) is 22.5. The van der Waals surface area contributed by atoms with Crippen molar-refractivity contribution in [3.05, 3.63) is 83.3 Å². The summed E-state index contributed by atoms with van der Waals surface area (Å²) in [6.45, 7) is 3.02. The molecule has 166 valence electrons. The maximum absolute atomic E-state index is 13.7. The fraction of sp³-hybridized carbons (Fsp3) is 0.320. The average Bonchev–Trinajstić information content (AvgIpc) is 2.81. The zero-order valence-corrected chi connectivity index (χ0v) is 17.9. The SMILES string of the molecule is Cc1cc(CCCC(=O)N2CCOC(c3nccnc3-c3cccc(F)c3)C2)ccc1F. The highest BCUT2D eigenvalue weighted by Crippen LogP contribution is 2.29. The van der Waals surface area contributed by atoms with E-state index in [0.29, 0.717) is 61.5 Å². The van der Waals surface area contributed by atoms with Crippen molar-refractivity contribution >= 4 is 5.91 Å². The average molecular weight is 437 g/mol. The molecule has 7 heteroatoms. The standard InChI is InChI=1S/C25H25F2N3O2/c1-17-14-18(8-9-21(17)27)4-2-7-23(31)30-12-13-32-22(16-30)25-24(28-10-11-29-25)19-5-3-6-20(26)15-19/h3,5-6,8-11,14-15,22H,2,4,7,12-13,16H2,1H3. The van der Waals surface area contributed by atoms with Crippen LogP contribution >= 0.6 is 0 Å². The molecule has 1 aliphatic heterocycles. The van der Waals surface area contributed by atoms with Crippen LogP contribution in [0, 0.1) is 18.6 Å². The Balaban J connectivity index is 1.40. The molecule has 4 rings (SSSR count). The third-order valence-corrected chi connectivity index (χ3v) is 5.63. The largest absolute Gasteiger partial charge is 0.368 e. The number of carbonyl (C=O) groups is 1. The van der Waals surface area contributed by atoms with Gasteiger partial charge in [0, 0.05) is 30.9 Å². The fourth-order valence-corrected chi connectivity index (χ4v) is 3.95. The van der Waals surface area contributed by atoms with Crippen LogP contribution in [0.2, 0.25) is 0 Å². The normalized spacial score (nSPS) is 16.2. The Bertz CT molecular complexity index is 1110. The second-order valence-electron chi connectivity index (χ2n) is 7.94. The first-order valence-electron chi connectivity index (χ1n) is 10.7. The van der Waals surface area contributed by atoms with Crippen LogP contribution in [0.25, 0.3) is 11.3 Å². The smallest absolute Gasteiger partial charge is 0.222 e. The molecule has 1 aliphatic rings. The van der Waals surface area contributed by atoms with Crippen molar-refractivity contribution < 1.29 is 18.3 Å². The van der Waals surface area contributed by atoms with Gasteiger partial charge in [-0.15, -0.1) is 0 Å². The Morgan fingerprint density at radius 2 is 2.00 bits per heavy atom. The van der Waals surface area contributed by atoms with E-state index in [-0.39, 0.29) is 17.5 Å². The summed E-state index contributed by atoms with van der Waals surface area (Å²) in [5, 5.41) is 0. The Morgan fingerprint density at radius 1 is 1.16 bits per heavy atom. The molecule has 1 amide bonds. The van der Waals surface area contributed by atoms with Crippen molar-refractivity contribution in [3.8, 4) is 11.3 Å². The van der Waals surface area contributed by atoms with Crippen molar-refractivity contribution in [2.24, 2.45) is 0 Å². The summed E-state index contributed by atoms with van der Waals surface area (Å²) in [5.74, 6) is -0.518. The number of aromatic nitrogens is 2. The number of halogens is 2. The van der Waals surface area contributed by atoms with Gasteiger partial charge in [0.25, 0.3) is 0 Å². The minimum Gasteiger partial charge on any atom is -0.368 e. The summed E-state index contributed by atoms with van der Waals surface area (Å²) in [4.78, 5) is 23.4. The molecular weight excluding hydrogens is 412 g/mol. The molecule has 0 spiro atoms. The zero-order valence-electron chi connectivity index (χ0n) is 17.9. The predicted octanol–water partition coefficient (Wildman–Crippen LogP) is 4.65. The lowest BCUT2D eigenvalue weighted by Gasteiger charge is -2.33. The molecule has 32 heavy (non-hydrogen) atoms. The molecule has 1 unspecified atom stereocenters. The lowest BCUT2D eigenvalue weighted by Crippen LogP contribution is -2.42. The van der Waals surface area contributed by atoms with Crippen LogP contribution in [-0.4, -0.2) is 40.5 Å². The molecule has 0 radical (unpaired) electrons. The number of hydrogen-bond donors (Lipinski definition) is 0. The van der Waals surface area contributed by atoms with Crippen molar-refractivity contribution in [1.82, 2.24) is 14.9 Å². The van der Waals surface area contributed by atoms with Gasteiger partial charge in [0.1, 0.15) is 17.7 Å². The Labute approximate surface area is 186 Å². The Hall–Kier alpha value is -3.19. The first kappa shape index (κ1) is 22.0. The molecule has 2 heterocycles. The van der Waals surface area contributed by atoms with E-state index >= 15 is 0 Å². The Kier molecular flexibility index (Phi) is 6.85. The number of rotatable bonds is 6. The summed E-state index contributed by atoms with van der Waals surface area (Å²) in [6.07, 6.45) is 4.51. The summed E-state index contributed by atoms with van der Waals surface area (Å²) >= 11 is 0. The van der Waals surface area contributed by atoms with E-state index in [1.165, 1.54) is 18.2 Å². The quantitative estimate of drug-likeness (QED) is 0.563. The molecule has 0 N–H and O–H groups in total. The molecule has 1 fully saturated rings. The first-order valence-corrected chi connectivity index (χ1v) is 10.7. The van der Waals surface area contributed by atoms with Gasteiger partial charge in [-0.2, -0.15) is 0 Å². The van der Waals surface area contributed by atoms with E-state index in [2.05, 4.69) is 9.97 Å². The predicted molar refractivity (Wildman–Crippen MR) is 117 cm³/mol. The summed E-state index contributed by atoms with van der Waals surface area (Å²) in [7, 11) is 0. The molecule has 1 saturated heterocycles. The monoisotopic (exact) mass is 437 g/mol. The maximum Gasteiger partial charge on any atom is 0.222 e. The van der Waals surface area contributed by atoms with E-state index < -0.39 is 6.10 Å².